The molecule has 2 rings (SSSR count). The Bertz CT molecular complexity index is 518. The van der Waals surface area contributed by atoms with Gasteiger partial charge in [-0.05, 0) is 32.8 Å². The van der Waals surface area contributed by atoms with Crippen LogP contribution >= 0.6 is 0 Å². The van der Waals surface area contributed by atoms with Crippen LogP contribution < -0.4 is 5.32 Å². The first-order valence-electron chi connectivity index (χ1n) is 7.09. The van der Waals surface area contributed by atoms with E-state index in [2.05, 4.69) is 10.4 Å². The number of nitrogens with one attached hydrogen (secondary N) is 1. The van der Waals surface area contributed by atoms with Crippen LogP contribution in [0.3, 0.4) is 0 Å². The Labute approximate surface area is 123 Å². The minimum atomic E-state index is -0.926. The molecule has 21 heavy (non-hydrogen) atoms. The smallest absolute Gasteiger partial charge is 0.305 e. The normalized spacial score (nSPS) is 17.7. The van der Waals surface area contributed by atoms with Crippen LogP contribution in [0.25, 0.3) is 0 Å². The number of aromatic nitrogens is 2. The van der Waals surface area contributed by atoms with Crippen molar-refractivity contribution in [2.45, 2.75) is 44.7 Å². The maximum absolute atomic E-state index is 12.3. The summed E-state index contributed by atoms with van der Waals surface area (Å²) in [5, 5.41) is 16.1. The van der Waals surface area contributed by atoms with Gasteiger partial charge in [0.15, 0.2) is 0 Å². The van der Waals surface area contributed by atoms with Crippen molar-refractivity contribution in [1.29, 1.82) is 0 Å². The summed E-state index contributed by atoms with van der Waals surface area (Å²) in [5.74, 6) is -1.26. The standard InChI is InChI=1S/C14H21N3O4/c1-10(2)17-6-3-11(16-17)13(20)15-14(9-12(18)19)4-7-21-8-5-14/h3,6,10H,4-5,7-9H2,1-2H3,(H,15,20)(H,18,19). The molecule has 0 saturated carbocycles. The molecule has 7 heteroatoms. The van der Waals surface area contributed by atoms with E-state index in [0.29, 0.717) is 31.7 Å². The lowest BCUT2D eigenvalue weighted by Crippen LogP contribution is -2.53. The van der Waals surface area contributed by atoms with Gasteiger partial charge in [-0.15, -0.1) is 0 Å². The molecule has 1 aromatic rings. The van der Waals surface area contributed by atoms with Gasteiger partial charge in [-0.1, -0.05) is 0 Å². The van der Waals surface area contributed by atoms with Crippen LogP contribution in [0.4, 0.5) is 0 Å². The number of hydrogen-bond donors (Lipinski definition) is 2. The minimum absolute atomic E-state index is 0.104. The zero-order valence-electron chi connectivity index (χ0n) is 12.3. The fourth-order valence-electron chi connectivity index (χ4n) is 2.45. The number of carbonyl (C=O) groups is 2. The van der Waals surface area contributed by atoms with Gasteiger partial charge in [-0.3, -0.25) is 14.3 Å². The molecule has 1 saturated heterocycles. The van der Waals surface area contributed by atoms with Crippen molar-refractivity contribution in [3.05, 3.63) is 18.0 Å². The van der Waals surface area contributed by atoms with Crippen LogP contribution in [0.15, 0.2) is 12.3 Å². The SMILES string of the molecule is CC(C)n1ccc(C(=O)NC2(CC(=O)O)CCOCC2)n1. The Morgan fingerprint density at radius 1 is 1.48 bits per heavy atom. The summed E-state index contributed by atoms with van der Waals surface area (Å²) in [6, 6.07) is 1.81. The summed E-state index contributed by atoms with van der Waals surface area (Å²) in [7, 11) is 0. The van der Waals surface area contributed by atoms with E-state index >= 15 is 0 Å². The Balaban J connectivity index is 2.11. The molecular formula is C14H21N3O4. The van der Waals surface area contributed by atoms with Gasteiger partial charge in [0.1, 0.15) is 5.69 Å². The van der Waals surface area contributed by atoms with Gasteiger partial charge in [0.25, 0.3) is 5.91 Å². The van der Waals surface area contributed by atoms with Gasteiger partial charge in [-0.25, -0.2) is 0 Å². The number of ether oxygens (including phenoxy) is 1. The lowest BCUT2D eigenvalue weighted by atomic mass is 9.86. The average molecular weight is 295 g/mol. The topological polar surface area (TPSA) is 93.5 Å². The molecule has 0 radical (unpaired) electrons. The molecule has 1 aliphatic heterocycles. The number of carboxylic acids is 1. The zero-order valence-corrected chi connectivity index (χ0v) is 12.3. The minimum Gasteiger partial charge on any atom is -0.481 e. The Morgan fingerprint density at radius 2 is 2.14 bits per heavy atom. The van der Waals surface area contributed by atoms with E-state index < -0.39 is 11.5 Å². The Morgan fingerprint density at radius 3 is 2.67 bits per heavy atom. The summed E-state index contributed by atoms with van der Waals surface area (Å²) < 4.78 is 6.96. The van der Waals surface area contributed by atoms with Crippen molar-refractivity contribution in [1.82, 2.24) is 15.1 Å². The van der Waals surface area contributed by atoms with E-state index in [1.165, 1.54) is 0 Å². The molecule has 0 spiro atoms. The average Bonchev–Trinajstić information content (AvgIpc) is 2.88. The van der Waals surface area contributed by atoms with E-state index in [4.69, 9.17) is 9.84 Å². The predicted molar refractivity (Wildman–Crippen MR) is 75.1 cm³/mol. The highest BCUT2D eigenvalue weighted by molar-refractivity contribution is 5.93. The van der Waals surface area contributed by atoms with Crippen molar-refractivity contribution >= 4 is 11.9 Å². The highest BCUT2D eigenvalue weighted by Gasteiger charge is 2.37. The molecule has 0 unspecified atom stereocenters. The lowest BCUT2D eigenvalue weighted by Gasteiger charge is -2.36. The van der Waals surface area contributed by atoms with Crippen LogP contribution in [0.2, 0.25) is 0 Å². The van der Waals surface area contributed by atoms with E-state index in [1.54, 1.807) is 16.9 Å². The summed E-state index contributed by atoms with van der Waals surface area (Å²) in [4.78, 5) is 23.4. The van der Waals surface area contributed by atoms with Crippen LogP contribution in [-0.2, 0) is 9.53 Å². The molecule has 0 atom stereocenters. The summed E-state index contributed by atoms with van der Waals surface area (Å²) in [6.07, 6.45) is 2.63. The molecule has 1 amide bonds. The molecular weight excluding hydrogens is 274 g/mol. The van der Waals surface area contributed by atoms with Crippen molar-refractivity contribution in [2.75, 3.05) is 13.2 Å². The molecule has 2 N–H and O–H groups in total. The highest BCUT2D eigenvalue weighted by Crippen LogP contribution is 2.25. The maximum atomic E-state index is 12.3. The molecule has 0 aliphatic carbocycles. The predicted octanol–water partition coefficient (Wildman–Crippen LogP) is 1.22. The van der Waals surface area contributed by atoms with Crippen LogP contribution in [0.1, 0.15) is 49.6 Å². The fourth-order valence-corrected chi connectivity index (χ4v) is 2.45. The van der Waals surface area contributed by atoms with Crippen molar-refractivity contribution in [2.24, 2.45) is 0 Å². The van der Waals surface area contributed by atoms with Crippen molar-refractivity contribution < 1.29 is 19.4 Å². The van der Waals surface area contributed by atoms with E-state index in [0.717, 1.165) is 0 Å². The molecule has 1 aliphatic rings. The fraction of sp³-hybridized carbons (Fsp3) is 0.643. The molecule has 0 aromatic carbocycles. The van der Waals surface area contributed by atoms with Crippen LogP contribution in [0.5, 0.6) is 0 Å². The Hall–Kier alpha value is -1.89. The quantitative estimate of drug-likeness (QED) is 0.852. The molecule has 0 bridgehead atoms. The van der Waals surface area contributed by atoms with Gasteiger partial charge in [0.05, 0.1) is 12.0 Å². The molecule has 7 nitrogen and oxygen atoms in total. The van der Waals surface area contributed by atoms with Gasteiger partial charge < -0.3 is 15.2 Å². The van der Waals surface area contributed by atoms with Crippen molar-refractivity contribution in [3.63, 3.8) is 0 Å². The van der Waals surface area contributed by atoms with Crippen LogP contribution in [0, 0.1) is 0 Å². The number of nitrogens with zero attached hydrogens (tertiary/aromatic N) is 2. The third-order valence-electron chi connectivity index (χ3n) is 3.69. The van der Waals surface area contributed by atoms with Gasteiger partial charge in [-0.2, -0.15) is 5.10 Å². The number of aliphatic carboxylic acids is 1. The van der Waals surface area contributed by atoms with E-state index in [1.807, 2.05) is 13.8 Å². The second kappa shape index (κ2) is 6.26. The number of amides is 1. The highest BCUT2D eigenvalue weighted by atomic mass is 16.5. The number of hydrogen-bond acceptors (Lipinski definition) is 4. The third-order valence-corrected chi connectivity index (χ3v) is 3.69. The largest absolute Gasteiger partial charge is 0.481 e. The van der Waals surface area contributed by atoms with E-state index in [9.17, 15) is 9.59 Å². The zero-order chi connectivity index (χ0) is 15.5. The third kappa shape index (κ3) is 3.81. The maximum Gasteiger partial charge on any atom is 0.305 e. The van der Waals surface area contributed by atoms with Gasteiger partial charge in [0.2, 0.25) is 0 Å². The first-order chi connectivity index (χ1) is 9.92. The first-order valence-corrected chi connectivity index (χ1v) is 7.09. The van der Waals surface area contributed by atoms with Gasteiger partial charge >= 0.3 is 5.97 Å². The summed E-state index contributed by atoms with van der Waals surface area (Å²) in [6.45, 7) is 4.85. The lowest BCUT2D eigenvalue weighted by molar-refractivity contribution is -0.139. The monoisotopic (exact) mass is 295 g/mol. The number of carboxylic acid groups (broad SMARTS) is 1. The second-order valence-corrected chi connectivity index (χ2v) is 5.69. The van der Waals surface area contributed by atoms with Crippen molar-refractivity contribution in [3.8, 4) is 0 Å². The summed E-state index contributed by atoms with van der Waals surface area (Å²) >= 11 is 0. The second-order valence-electron chi connectivity index (χ2n) is 5.69. The van der Waals surface area contributed by atoms with E-state index in [-0.39, 0.29) is 18.4 Å². The van der Waals surface area contributed by atoms with Crippen LogP contribution in [-0.4, -0.2) is 45.5 Å². The number of rotatable bonds is 5. The van der Waals surface area contributed by atoms with Gasteiger partial charge in [0, 0.05) is 25.5 Å². The molecule has 2 heterocycles. The Kier molecular flexibility index (Phi) is 4.62. The molecule has 1 aromatic heterocycles. The molecule has 1 fully saturated rings. The first kappa shape index (κ1) is 15.5. The number of carbonyl (C=O) groups excluding carboxylic acids is 1. The molecule has 116 valence electrons. The summed E-state index contributed by atoms with van der Waals surface area (Å²) in [5.41, 5.74) is -0.442.